The van der Waals surface area contributed by atoms with Crippen LogP contribution in [0.1, 0.15) is 22.8 Å². The van der Waals surface area contributed by atoms with Crippen molar-refractivity contribution in [3.63, 3.8) is 0 Å². The highest BCUT2D eigenvalue weighted by molar-refractivity contribution is 5.87. The summed E-state index contributed by atoms with van der Waals surface area (Å²) in [5, 5.41) is 11.6. The second-order valence-electron chi connectivity index (χ2n) is 5.27. The first kappa shape index (κ1) is 18.3. The Morgan fingerprint density at radius 3 is 2.24 bits per heavy atom. The third-order valence-electron chi connectivity index (χ3n) is 3.44. The Labute approximate surface area is 146 Å². The van der Waals surface area contributed by atoms with Crippen LogP contribution in [0.5, 0.6) is 11.5 Å². The molecule has 0 spiro atoms. The minimum atomic E-state index is -0.954. The van der Waals surface area contributed by atoms with Gasteiger partial charge in [0.2, 0.25) is 0 Å². The van der Waals surface area contributed by atoms with Crippen molar-refractivity contribution in [2.75, 3.05) is 19.8 Å². The lowest BCUT2D eigenvalue weighted by Crippen LogP contribution is -2.30. The van der Waals surface area contributed by atoms with Gasteiger partial charge in [0.15, 0.2) is 18.1 Å². The molecule has 2 N–H and O–H groups in total. The Morgan fingerprint density at radius 2 is 1.64 bits per heavy atom. The van der Waals surface area contributed by atoms with Gasteiger partial charge in [-0.15, -0.1) is 0 Å². The molecule has 0 unspecified atom stereocenters. The fourth-order valence-corrected chi connectivity index (χ4v) is 2.20. The van der Waals surface area contributed by atoms with Gasteiger partial charge >= 0.3 is 5.97 Å². The highest BCUT2D eigenvalue weighted by Gasteiger charge is 2.07. The van der Waals surface area contributed by atoms with Crippen LogP contribution in [0.15, 0.2) is 48.5 Å². The molecule has 2 aromatic carbocycles. The van der Waals surface area contributed by atoms with Gasteiger partial charge in [-0.2, -0.15) is 0 Å². The smallest absolute Gasteiger partial charge is 0.335 e. The third kappa shape index (κ3) is 5.84. The maximum absolute atomic E-state index is 11.9. The number of carboxylic acids is 1. The average Bonchev–Trinajstić information content (AvgIpc) is 2.62. The van der Waals surface area contributed by atoms with Gasteiger partial charge in [0.1, 0.15) is 0 Å². The summed E-state index contributed by atoms with van der Waals surface area (Å²) in [5.41, 5.74) is 1.20. The largest absolute Gasteiger partial charge is 0.490 e. The number of rotatable bonds is 9. The Balaban J connectivity index is 1.75. The van der Waals surface area contributed by atoms with E-state index in [2.05, 4.69) is 5.32 Å². The summed E-state index contributed by atoms with van der Waals surface area (Å²) >= 11 is 0. The predicted molar refractivity (Wildman–Crippen MR) is 93.2 cm³/mol. The number of ether oxygens (including phenoxy) is 2. The second-order valence-corrected chi connectivity index (χ2v) is 5.27. The quantitative estimate of drug-likeness (QED) is 0.731. The van der Waals surface area contributed by atoms with Gasteiger partial charge in [-0.3, -0.25) is 4.79 Å². The molecule has 0 aliphatic rings. The van der Waals surface area contributed by atoms with E-state index < -0.39 is 5.97 Å². The van der Waals surface area contributed by atoms with Gasteiger partial charge in [0.25, 0.3) is 5.91 Å². The number of hydrogen-bond acceptors (Lipinski definition) is 4. The van der Waals surface area contributed by atoms with Crippen molar-refractivity contribution in [2.45, 2.75) is 13.3 Å². The Morgan fingerprint density at radius 1 is 1.00 bits per heavy atom. The van der Waals surface area contributed by atoms with Crippen molar-refractivity contribution in [1.29, 1.82) is 0 Å². The molecule has 25 heavy (non-hydrogen) atoms. The van der Waals surface area contributed by atoms with Gasteiger partial charge in [0.05, 0.1) is 12.2 Å². The molecule has 1 amide bonds. The zero-order valence-electron chi connectivity index (χ0n) is 14.0. The summed E-state index contributed by atoms with van der Waals surface area (Å²) in [5.74, 6) is -0.0436. The molecule has 132 valence electrons. The molecule has 2 rings (SSSR count). The number of para-hydroxylation sites is 2. The molecule has 0 aliphatic heterocycles. The molecule has 0 radical (unpaired) electrons. The van der Waals surface area contributed by atoms with E-state index in [1.807, 2.05) is 19.1 Å². The monoisotopic (exact) mass is 343 g/mol. The molecule has 0 heterocycles. The first-order chi connectivity index (χ1) is 12.1. The number of benzene rings is 2. The van der Waals surface area contributed by atoms with Crippen LogP contribution >= 0.6 is 0 Å². The molecule has 6 heteroatoms. The van der Waals surface area contributed by atoms with E-state index in [4.69, 9.17) is 14.6 Å². The summed E-state index contributed by atoms with van der Waals surface area (Å²) < 4.78 is 10.9. The van der Waals surface area contributed by atoms with E-state index >= 15 is 0 Å². The zero-order valence-corrected chi connectivity index (χ0v) is 14.0. The standard InChI is InChI=1S/C19H21NO5/c1-2-24-16-5-3-4-6-17(16)25-13-18(21)20-12-11-14-7-9-15(10-8-14)19(22)23/h3-10H,2,11-13H2,1H3,(H,20,21)(H,22,23). The van der Waals surface area contributed by atoms with Crippen LogP contribution in [0.4, 0.5) is 0 Å². The van der Waals surface area contributed by atoms with E-state index in [9.17, 15) is 9.59 Å². The summed E-state index contributed by atoms with van der Waals surface area (Å²) in [7, 11) is 0. The molecule has 0 saturated heterocycles. The molecule has 0 saturated carbocycles. The normalized spacial score (nSPS) is 10.1. The van der Waals surface area contributed by atoms with Crippen LogP contribution < -0.4 is 14.8 Å². The lowest BCUT2D eigenvalue weighted by molar-refractivity contribution is -0.123. The maximum Gasteiger partial charge on any atom is 0.335 e. The molecular formula is C19H21NO5. The van der Waals surface area contributed by atoms with Crippen molar-refractivity contribution in [3.05, 3.63) is 59.7 Å². The van der Waals surface area contributed by atoms with Crippen molar-refractivity contribution in [2.24, 2.45) is 0 Å². The number of carbonyl (C=O) groups excluding carboxylic acids is 1. The summed E-state index contributed by atoms with van der Waals surface area (Å²) in [6, 6.07) is 13.8. The van der Waals surface area contributed by atoms with Crippen LogP contribution in [0.3, 0.4) is 0 Å². The number of nitrogens with one attached hydrogen (secondary N) is 1. The number of aromatic carboxylic acids is 1. The van der Waals surface area contributed by atoms with E-state index in [0.29, 0.717) is 31.1 Å². The SMILES string of the molecule is CCOc1ccccc1OCC(=O)NCCc1ccc(C(=O)O)cc1. The molecule has 2 aromatic rings. The molecule has 0 fully saturated rings. The topological polar surface area (TPSA) is 84.9 Å². The van der Waals surface area contributed by atoms with Gasteiger partial charge in [0, 0.05) is 6.54 Å². The van der Waals surface area contributed by atoms with E-state index in [1.54, 1.807) is 36.4 Å². The lowest BCUT2D eigenvalue weighted by atomic mass is 10.1. The average molecular weight is 343 g/mol. The van der Waals surface area contributed by atoms with Crippen LogP contribution in [-0.4, -0.2) is 36.7 Å². The van der Waals surface area contributed by atoms with Crippen LogP contribution in [-0.2, 0) is 11.2 Å². The van der Waals surface area contributed by atoms with Crippen molar-refractivity contribution in [1.82, 2.24) is 5.32 Å². The van der Waals surface area contributed by atoms with Gasteiger partial charge in [-0.05, 0) is 43.2 Å². The molecule has 0 atom stereocenters. The van der Waals surface area contributed by atoms with E-state index in [0.717, 1.165) is 5.56 Å². The highest BCUT2D eigenvalue weighted by Crippen LogP contribution is 2.26. The van der Waals surface area contributed by atoms with Gasteiger partial charge in [-0.25, -0.2) is 4.79 Å². The second kappa shape index (κ2) is 9.32. The molecular weight excluding hydrogens is 322 g/mol. The van der Waals surface area contributed by atoms with Crippen molar-refractivity contribution >= 4 is 11.9 Å². The Kier molecular flexibility index (Phi) is 6.83. The highest BCUT2D eigenvalue weighted by atomic mass is 16.5. The first-order valence-corrected chi connectivity index (χ1v) is 8.03. The van der Waals surface area contributed by atoms with E-state index in [-0.39, 0.29) is 18.1 Å². The van der Waals surface area contributed by atoms with Crippen LogP contribution in [0.25, 0.3) is 0 Å². The Bertz CT molecular complexity index is 712. The first-order valence-electron chi connectivity index (χ1n) is 8.03. The zero-order chi connectivity index (χ0) is 18.1. The minimum Gasteiger partial charge on any atom is -0.490 e. The van der Waals surface area contributed by atoms with Crippen molar-refractivity contribution < 1.29 is 24.2 Å². The van der Waals surface area contributed by atoms with Crippen molar-refractivity contribution in [3.8, 4) is 11.5 Å². The summed E-state index contributed by atoms with van der Waals surface area (Å²) in [4.78, 5) is 22.7. The molecule has 6 nitrogen and oxygen atoms in total. The molecule has 0 aromatic heterocycles. The minimum absolute atomic E-state index is 0.0952. The summed E-state index contributed by atoms with van der Waals surface area (Å²) in [6.07, 6.45) is 0.612. The Hall–Kier alpha value is -3.02. The predicted octanol–water partition coefficient (Wildman–Crippen LogP) is 2.52. The van der Waals surface area contributed by atoms with Gasteiger partial charge in [-0.1, -0.05) is 24.3 Å². The molecule has 0 aliphatic carbocycles. The van der Waals surface area contributed by atoms with Gasteiger partial charge < -0.3 is 19.9 Å². The van der Waals surface area contributed by atoms with Crippen LogP contribution in [0, 0.1) is 0 Å². The number of carboxylic acid groups (broad SMARTS) is 1. The number of carbonyl (C=O) groups is 2. The lowest BCUT2D eigenvalue weighted by Gasteiger charge is -2.11. The number of amides is 1. The fourth-order valence-electron chi connectivity index (χ4n) is 2.20. The number of hydrogen-bond donors (Lipinski definition) is 2. The summed E-state index contributed by atoms with van der Waals surface area (Å²) in [6.45, 7) is 2.75. The maximum atomic E-state index is 11.9. The fraction of sp³-hybridized carbons (Fsp3) is 0.263. The van der Waals surface area contributed by atoms with Crippen LogP contribution in [0.2, 0.25) is 0 Å². The van der Waals surface area contributed by atoms with E-state index in [1.165, 1.54) is 0 Å². The molecule has 0 bridgehead atoms. The third-order valence-corrected chi connectivity index (χ3v) is 3.44.